The van der Waals surface area contributed by atoms with Crippen LogP contribution in [0.4, 0.5) is 0 Å². The molecule has 17 atom stereocenters. The number of carboxylic acid groups (broad SMARTS) is 1. The van der Waals surface area contributed by atoms with Gasteiger partial charge in [-0.15, -0.1) is 0 Å². The molecule has 5 aliphatic rings. The van der Waals surface area contributed by atoms with E-state index >= 15 is 0 Å². The van der Waals surface area contributed by atoms with E-state index in [0.717, 1.165) is 64.3 Å². The van der Waals surface area contributed by atoms with E-state index in [-0.39, 0.29) is 74.8 Å². The first-order valence-corrected chi connectivity index (χ1v) is 21.7. The predicted molar refractivity (Wildman–Crippen MR) is 209 cm³/mol. The first-order chi connectivity index (χ1) is 26.8. The number of methoxy groups -OCH3 is 1. The smallest absolute Gasteiger partial charge is 0.303 e. The second-order valence-corrected chi connectivity index (χ2v) is 18.3. The van der Waals surface area contributed by atoms with E-state index in [1.165, 1.54) is 0 Å². The van der Waals surface area contributed by atoms with Gasteiger partial charge < -0.3 is 66.0 Å². The summed E-state index contributed by atoms with van der Waals surface area (Å²) < 4.78 is 25.4. The monoisotopic (exact) mass is 801 g/mol. The van der Waals surface area contributed by atoms with Gasteiger partial charge in [-0.1, -0.05) is 0 Å². The van der Waals surface area contributed by atoms with Gasteiger partial charge in [0.1, 0.15) is 6.10 Å². The highest BCUT2D eigenvalue weighted by molar-refractivity contribution is 5.68. The summed E-state index contributed by atoms with van der Waals surface area (Å²) in [7, 11) is 1.59. The molecule has 2 aliphatic carbocycles. The van der Waals surface area contributed by atoms with Gasteiger partial charge in [0.25, 0.3) is 0 Å². The van der Waals surface area contributed by atoms with Gasteiger partial charge in [0, 0.05) is 38.3 Å². The Balaban J connectivity index is 1.24. The van der Waals surface area contributed by atoms with Gasteiger partial charge in [-0.25, -0.2) is 0 Å². The van der Waals surface area contributed by atoms with Crippen LogP contribution in [-0.2, 0) is 23.7 Å². The molecule has 11 N–H and O–H groups in total. The van der Waals surface area contributed by atoms with Gasteiger partial charge in [-0.2, -0.15) is 0 Å². The van der Waals surface area contributed by atoms with Crippen LogP contribution in [0.2, 0.25) is 0 Å². The highest BCUT2D eigenvalue weighted by Crippen LogP contribution is 2.46. The van der Waals surface area contributed by atoms with Crippen LogP contribution in [0.3, 0.4) is 0 Å². The molecule has 5 rings (SSSR count). The summed E-state index contributed by atoms with van der Waals surface area (Å²) in [5, 5.41) is 73.5. The number of nitrogens with two attached hydrogens (primary N) is 1. The Morgan fingerprint density at radius 3 is 2.46 bits per heavy atom. The number of piperidine rings is 2. The highest BCUT2D eigenvalue weighted by atomic mass is 16.5. The van der Waals surface area contributed by atoms with Crippen molar-refractivity contribution >= 4 is 5.97 Å². The van der Waals surface area contributed by atoms with E-state index in [1.807, 2.05) is 0 Å². The van der Waals surface area contributed by atoms with Crippen molar-refractivity contribution < 1.29 is 54.4 Å². The van der Waals surface area contributed by atoms with E-state index in [4.69, 9.17) is 24.7 Å². The number of carbonyl (C=O) groups is 1. The first-order valence-electron chi connectivity index (χ1n) is 21.7. The fourth-order valence-electron chi connectivity index (χ4n) is 10.9. The molecule has 0 spiro atoms. The number of ether oxygens (including phenoxy) is 4. The Bertz CT molecular complexity index is 1170. The largest absolute Gasteiger partial charge is 0.481 e. The van der Waals surface area contributed by atoms with Gasteiger partial charge in [0.2, 0.25) is 0 Å². The third kappa shape index (κ3) is 12.7. The molecule has 0 aromatic heterocycles. The molecule has 326 valence electrons. The van der Waals surface area contributed by atoms with Crippen molar-refractivity contribution in [1.82, 2.24) is 16.0 Å². The zero-order chi connectivity index (χ0) is 40.4. The maximum absolute atomic E-state index is 12.4. The highest BCUT2D eigenvalue weighted by Gasteiger charge is 2.50. The van der Waals surface area contributed by atoms with E-state index < -0.39 is 48.0 Å². The SMILES string of the molecule is COC1CC([C@@H]2O[C@@H](CCC3CCC(O)C(OCNC[C@H](C)O)C3)C[C@H](O)[C@@H]2CCO)CC(OC[C@H]2N[C@H](C)CC[C@]2(CC(=O)O)CC2CCNC(N)C2)C1O. The number of hydrogen-bond donors (Lipinski definition) is 10. The number of carboxylic acids is 1. The first kappa shape index (κ1) is 46.0. The lowest BCUT2D eigenvalue weighted by Crippen LogP contribution is -2.59. The van der Waals surface area contributed by atoms with Crippen LogP contribution >= 0.6 is 0 Å². The Kier molecular flexibility index (Phi) is 18.1. The molecule has 3 aliphatic heterocycles. The number of aliphatic hydroxyl groups excluding tert-OH is 5. The van der Waals surface area contributed by atoms with Crippen LogP contribution < -0.4 is 21.7 Å². The lowest BCUT2D eigenvalue weighted by Gasteiger charge is -2.50. The number of aliphatic hydroxyl groups is 5. The molecule has 0 aromatic rings. The standard InChI is InChI=1S/C41H76N4O11/c1-24-8-11-41(20-38(50)51,19-27-9-12-44-37(42)15-27)36(45-24)22-54-35-17-28(16-34(53-3)39(35)52)40-30(10-13-46)32(49)18-29(56-40)6-4-26-5-7-31(48)33(14-26)55-23-43-21-25(2)47/h24-37,39-40,43-49,52H,4-23,42H2,1-3H3,(H,50,51)/t24-,25+,26?,27?,28?,29+,30+,31?,32+,33?,34?,35?,36-,37?,39?,40+,41-/m1/s1. The van der Waals surface area contributed by atoms with E-state index in [9.17, 15) is 35.4 Å². The molecule has 15 heteroatoms. The maximum atomic E-state index is 12.4. The average molecular weight is 801 g/mol. The maximum Gasteiger partial charge on any atom is 0.303 e. The van der Waals surface area contributed by atoms with Crippen molar-refractivity contribution in [1.29, 1.82) is 0 Å². The number of nitrogens with one attached hydrogen (secondary N) is 3. The fourth-order valence-corrected chi connectivity index (χ4v) is 10.9. The summed E-state index contributed by atoms with van der Waals surface area (Å²) >= 11 is 0. The van der Waals surface area contributed by atoms with Gasteiger partial charge >= 0.3 is 5.97 Å². The van der Waals surface area contributed by atoms with Crippen molar-refractivity contribution in [2.45, 2.75) is 183 Å². The third-order valence-corrected chi connectivity index (χ3v) is 14.0. The summed E-state index contributed by atoms with van der Waals surface area (Å²) in [5.74, 6) is -0.579. The number of aliphatic carboxylic acids is 1. The molecule has 5 fully saturated rings. The Hall–Kier alpha value is -1.05. The summed E-state index contributed by atoms with van der Waals surface area (Å²) in [6.45, 7) is 5.49. The van der Waals surface area contributed by atoms with Crippen LogP contribution in [0, 0.1) is 29.1 Å². The minimum Gasteiger partial charge on any atom is -0.481 e. The third-order valence-electron chi connectivity index (χ3n) is 14.0. The van der Waals surface area contributed by atoms with Crippen molar-refractivity contribution in [3.05, 3.63) is 0 Å². The van der Waals surface area contributed by atoms with Crippen LogP contribution in [0.15, 0.2) is 0 Å². The molecule has 9 unspecified atom stereocenters. The molecule has 0 amide bonds. The number of rotatable bonds is 19. The average Bonchev–Trinajstić information content (AvgIpc) is 3.15. The Morgan fingerprint density at radius 2 is 1.75 bits per heavy atom. The summed E-state index contributed by atoms with van der Waals surface area (Å²) in [4.78, 5) is 12.4. The number of hydrogen-bond acceptors (Lipinski definition) is 14. The van der Waals surface area contributed by atoms with E-state index in [2.05, 4.69) is 22.9 Å². The van der Waals surface area contributed by atoms with Crippen molar-refractivity contribution in [3.63, 3.8) is 0 Å². The summed E-state index contributed by atoms with van der Waals surface area (Å²) in [6, 6.07) is -0.0348. The molecular formula is C41H76N4O11. The summed E-state index contributed by atoms with van der Waals surface area (Å²) in [6.07, 6.45) is 5.29. The lowest BCUT2D eigenvalue weighted by atomic mass is 9.64. The minimum atomic E-state index is -0.895. The summed E-state index contributed by atoms with van der Waals surface area (Å²) in [5.41, 5.74) is 5.75. The lowest BCUT2D eigenvalue weighted by molar-refractivity contribution is -0.200. The van der Waals surface area contributed by atoms with Crippen LogP contribution in [0.5, 0.6) is 0 Å². The second kappa shape index (κ2) is 22.0. The molecular weight excluding hydrogens is 724 g/mol. The Labute approximate surface area is 334 Å². The van der Waals surface area contributed by atoms with Crippen LogP contribution in [0.1, 0.15) is 110 Å². The topological polar surface area (TPSA) is 237 Å². The van der Waals surface area contributed by atoms with Crippen LogP contribution in [0.25, 0.3) is 0 Å². The second-order valence-electron chi connectivity index (χ2n) is 18.3. The molecule has 0 radical (unpaired) electrons. The van der Waals surface area contributed by atoms with Crippen LogP contribution in [-0.4, -0.2) is 150 Å². The molecule has 0 bridgehead atoms. The van der Waals surface area contributed by atoms with E-state index in [0.29, 0.717) is 50.5 Å². The fraction of sp³-hybridized carbons (Fsp3) is 0.976. The molecule has 15 nitrogen and oxygen atoms in total. The molecule has 0 aromatic carbocycles. The molecule has 3 heterocycles. The quantitative estimate of drug-likeness (QED) is 0.0653. The van der Waals surface area contributed by atoms with Gasteiger partial charge in [0.05, 0.1) is 74.8 Å². The predicted octanol–water partition coefficient (Wildman–Crippen LogP) is 1.20. The van der Waals surface area contributed by atoms with Crippen molar-refractivity contribution in [2.75, 3.05) is 40.1 Å². The minimum absolute atomic E-state index is 0.0325. The van der Waals surface area contributed by atoms with Gasteiger partial charge in [-0.05, 0) is 133 Å². The van der Waals surface area contributed by atoms with Gasteiger partial charge in [0.15, 0.2) is 0 Å². The molecule has 2 saturated carbocycles. The van der Waals surface area contributed by atoms with Gasteiger partial charge in [-0.3, -0.25) is 10.1 Å². The van der Waals surface area contributed by atoms with Crippen molar-refractivity contribution in [3.8, 4) is 0 Å². The zero-order valence-corrected chi connectivity index (χ0v) is 34.2. The van der Waals surface area contributed by atoms with Crippen molar-refractivity contribution in [2.24, 2.45) is 34.8 Å². The molecule has 56 heavy (non-hydrogen) atoms. The zero-order valence-electron chi connectivity index (χ0n) is 34.2. The normalized spacial score (nSPS) is 43.0. The molecule has 3 saturated heterocycles. The van der Waals surface area contributed by atoms with E-state index in [1.54, 1.807) is 14.0 Å². The Morgan fingerprint density at radius 1 is 0.964 bits per heavy atom.